The number of rotatable bonds is 7. The zero-order valence-corrected chi connectivity index (χ0v) is 16.4. The number of nitrogens with one attached hydrogen (secondary N) is 1. The third-order valence-electron chi connectivity index (χ3n) is 4.26. The van der Waals surface area contributed by atoms with Crippen molar-refractivity contribution in [1.29, 1.82) is 0 Å². The van der Waals surface area contributed by atoms with Gasteiger partial charge in [-0.2, -0.15) is 0 Å². The highest BCUT2D eigenvalue weighted by Gasteiger charge is 2.12. The molecule has 1 N–H and O–H groups in total. The molecule has 3 aromatic rings. The van der Waals surface area contributed by atoms with Crippen LogP contribution in [-0.2, 0) is 11.4 Å². The first kappa shape index (κ1) is 20.1. The lowest BCUT2D eigenvalue weighted by Gasteiger charge is -2.11. The van der Waals surface area contributed by atoms with E-state index in [0.717, 1.165) is 16.8 Å². The molecule has 0 saturated carbocycles. The van der Waals surface area contributed by atoms with Crippen molar-refractivity contribution in [3.05, 3.63) is 76.9 Å². The van der Waals surface area contributed by atoms with Crippen molar-refractivity contribution in [3.8, 4) is 11.5 Å². The SMILES string of the molecule is COc1cc(/C=C/C(=O)Nc2cccc(F)c2)ccc1OCc1c(C)noc1C. The predicted octanol–water partition coefficient (Wildman–Crippen LogP) is 4.67. The molecule has 1 heterocycles. The Morgan fingerprint density at radius 1 is 1.21 bits per heavy atom. The number of anilines is 1. The second-order valence-corrected chi connectivity index (χ2v) is 6.33. The van der Waals surface area contributed by atoms with Gasteiger partial charge in [-0.1, -0.05) is 17.3 Å². The monoisotopic (exact) mass is 396 g/mol. The first-order valence-corrected chi connectivity index (χ1v) is 8.93. The van der Waals surface area contributed by atoms with Gasteiger partial charge in [0.15, 0.2) is 11.5 Å². The van der Waals surface area contributed by atoms with Crippen molar-refractivity contribution < 1.29 is 23.2 Å². The second kappa shape index (κ2) is 9.05. The molecule has 0 bridgehead atoms. The highest BCUT2D eigenvalue weighted by atomic mass is 19.1. The summed E-state index contributed by atoms with van der Waals surface area (Å²) in [6.07, 6.45) is 3.00. The van der Waals surface area contributed by atoms with Crippen LogP contribution in [0.3, 0.4) is 0 Å². The number of nitrogens with zero attached hydrogens (tertiary/aromatic N) is 1. The van der Waals surface area contributed by atoms with E-state index in [1.54, 1.807) is 37.5 Å². The van der Waals surface area contributed by atoms with Crippen LogP contribution in [0.4, 0.5) is 10.1 Å². The van der Waals surface area contributed by atoms with Gasteiger partial charge in [-0.25, -0.2) is 4.39 Å². The third kappa shape index (κ3) is 5.22. The second-order valence-electron chi connectivity index (χ2n) is 6.33. The van der Waals surface area contributed by atoms with Crippen molar-refractivity contribution in [2.75, 3.05) is 12.4 Å². The van der Waals surface area contributed by atoms with Gasteiger partial charge in [-0.15, -0.1) is 0 Å². The molecular weight excluding hydrogens is 375 g/mol. The first-order valence-electron chi connectivity index (χ1n) is 8.93. The normalized spacial score (nSPS) is 10.9. The van der Waals surface area contributed by atoms with Crippen LogP contribution in [0.25, 0.3) is 6.08 Å². The Morgan fingerprint density at radius 2 is 2.03 bits per heavy atom. The average Bonchev–Trinajstić information content (AvgIpc) is 3.02. The molecule has 0 aliphatic carbocycles. The minimum Gasteiger partial charge on any atom is -0.493 e. The maximum Gasteiger partial charge on any atom is 0.248 e. The number of benzene rings is 2. The molecule has 0 saturated heterocycles. The van der Waals surface area contributed by atoms with Crippen LogP contribution >= 0.6 is 0 Å². The summed E-state index contributed by atoms with van der Waals surface area (Å²) in [5.41, 5.74) is 2.82. The molecule has 3 rings (SSSR count). The van der Waals surface area contributed by atoms with Crippen molar-refractivity contribution in [2.24, 2.45) is 0 Å². The minimum absolute atomic E-state index is 0.308. The van der Waals surface area contributed by atoms with E-state index >= 15 is 0 Å². The molecule has 2 aromatic carbocycles. The van der Waals surface area contributed by atoms with E-state index in [9.17, 15) is 9.18 Å². The maximum atomic E-state index is 13.2. The molecule has 1 amide bonds. The molecule has 0 aliphatic rings. The summed E-state index contributed by atoms with van der Waals surface area (Å²) in [6.45, 7) is 4.00. The molecule has 6 nitrogen and oxygen atoms in total. The number of amides is 1. The highest BCUT2D eigenvalue weighted by Crippen LogP contribution is 2.30. The van der Waals surface area contributed by atoms with Crippen molar-refractivity contribution in [2.45, 2.75) is 20.5 Å². The van der Waals surface area contributed by atoms with E-state index in [1.165, 1.54) is 24.3 Å². The molecule has 0 spiro atoms. The predicted molar refractivity (Wildman–Crippen MR) is 107 cm³/mol. The van der Waals surface area contributed by atoms with Crippen LogP contribution in [0, 0.1) is 19.7 Å². The zero-order chi connectivity index (χ0) is 20.8. The third-order valence-corrected chi connectivity index (χ3v) is 4.26. The minimum atomic E-state index is -0.413. The summed E-state index contributed by atoms with van der Waals surface area (Å²) in [7, 11) is 1.54. The lowest BCUT2D eigenvalue weighted by Crippen LogP contribution is -2.07. The maximum absolute atomic E-state index is 13.2. The number of ether oxygens (including phenoxy) is 2. The Kier molecular flexibility index (Phi) is 6.29. The highest BCUT2D eigenvalue weighted by molar-refractivity contribution is 6.01. The fraction of sp³-hybridized carbons (Fsp3) is 0.182. The molecule has 0 fully saturated rings. The lowest BCUT2D eigenvalue weighted by atomic mass is 10.1. The van der Waals surface area contributed by atoms with Crippen molar-refractivity contribution in [3.63, 3.8) is 0 Å². The van der Waals surface area contributed by atoms with Gasteiger partial charge in [-0.3, -0.25) is 4.79 Å². The number of aryl methyl sites for hydroxylation is 2. The molecular formula is C22H21FN2O4. The van der Waals surface area contributed by atoms with Gasteiger partial charge in [0.25, 0.3) is 0 Å². The standard InChI is InChI=1S/C22H21FN2O4/c1-14-19(15(2)29-25-14)13-28-20-9-7-16(11-21(20)27-3)8-10-22(26)24-18-6-4-5-17(23)12-18/h4-12H,13H2,1-3H3,(H,24,26)/b10-8+. The first-order chi connectivity index (χ1) is 14.0. The Morgan fingerprint density at radius 3 is 2.72 bits per heavy atom. The summed E-state index contributed by atoms with van der Waals surface area (Å²) in [6, 6.07) is 11.0. The molecule has 29 heavy (non-hydrogen) atoms. The van der Waals surface area contributed by atoms with Crippen molar-refractivity contribution in [1.82, 2.24) is 5.16 Å². The molecule has 0 aliphatic heterocycles. The largest absolute Gasteiger partial charge is 0.493 e. The smallest absolute Gasteiger partial charge is 0.248 e. The Hall–Kier alpha value is -3.61. The van der Waals surface area contributed by atoms with Crippen LogP contribution in [0.5, 0.6) is 11.5 Å². The van der Waals surface area contributed by atoms with E-state index < -0.39 is 5.82 Å². The fourth-order valence-corrected chi connectivity index (χ4v) is 2.69. The lowest BCUT2D eigenvalue weighted by molar-refractivity contribution is -0.111. The number of hydrogen-bond donors (Lipinski definition) is 1. The summed E-state index contributed by atoms with van der Waals surface area (Å²) in [5.74, 6) is 1.03. The van der Waals surface area contributed by atoms with E-state index in [-0.39, 0.29) is 5.91 Å². The van der Waals surface area contributed by atoms with Crippen LogP contribution < -0.4 is 14.8 Å². The number of carbonyl (C=O) groups excluding carboxylic acids is 1. The Balaban J connectivity index is 1.66. The van der Waals surface area contributed by atoms with Gasteiger partial charge < -0.3 is 19.3 Å². The van der Waals surface area contributed by atoms with Gasteiger partial charge in [0.2, 0.25) is 5.91 Å². The van der Waals surface area contributed by atoms with Crippen LogP contribution in [0.1, 0.15) is 22.6 Å². The van der Waals surface area contributed by atoms with Gasteiger partial charge in [0.1, 0.15) is 18.2 Å². The number of halogens is 1. The van der Waals surface area contributed by atoms with E-state index in [4.69, 9.17) is 14.0 Å². The van der Waals surface area contributed by atoms with Gasteiger partial charge >= 0.3 is 0 Å². The van der Waals surface area contributed by atoms with E-state index in [1.807, 2.05) is 13.8 Å². The average molecular weight is 396 g/mol. The fourth-order valence-electron chi connectivity index (χ4n) is 2.69. The van der Waals surface area contributed by atoms with Crippen LogP contribution in [0.2, 0.25) is 0 Å². The van der Waals surface area contributed by atoms with Crippen molar-refractivity contribution >= 4 is 17.7 Å². The van der Waals surface area contributed by atoms with Gasteiger partial charge in [-0.05, 0) is 55.8 Å². The Bertz CT molecular complexity index is 1020. The molecule has 0 radical (unpaired) electrons. The van der Waals surface area contributed by atoms with Gasteiger partial charge in [0.05, 0.1) is 18.4 Å². The van der Waals surface area contributed by atoms with E-state index in [2.05, 4.69) is 10.5 Å². The number of aromatic nitrogens is 1. The molecule has 0 unspecified atom stereocenters. The van der Waals surface area contributed by atoms with Crippen LogP contribution in [-0.4, -0.2) is 18.2 Å². The molecule has 1 aromatic heterocycles. The van der Waals surface area contributed by atoms with E-state index in [0.29, 0.717) is 29.6 Å². The van der Waals surface area contributed by atoms with Gasteiger partial charge in [0, 0.05) is 11.8 Å². The number of hydrogen-bond acceptors (Lipinski definition) is 5. The Labute approximate surface area is 167 Å². The quantitative estimate of drug-likeness (QED) is 0.588. The molecule has 7 heteroatoms. The zero-order valence-electron chi connectivity index (χ0n) is 16.4. The molecule has 150 valence electrons. The van der Waals surface area contributed by atoms with Crippen LogP contribution in [0.15, 0.2) is 53.1 Å². The number of methoxy groups -OCH3 is 1. The summed E-state index contributed by atoms with van der Waals surface area (Å²) in [5, 5.41) is 6.51. The topological polar surface area (TPSA) is 73.6 Å². The number of carbonyl (C=O) groups is 1. The summed E-state index contributed by atoms with van der Waals surface area (Å²) in [4.78, 5) is 12.0. The summed E-state index contributed by atoms with van der Waals surface area (Å²) >= 11 is 0. The summed E-state index contributed by atoms with van der Waals surface area (Å²) < 4.78 is 29.5. The molecule has 0 atom stereocenters.